The molecule has 2 saturated carbocycles. The van der Waals surface area contributed by atoms with E-state index < -0.39 is 0 Å². The van der Waals surface area contributed by atoms with Crippen molar-refractivity contribution in [2.45, 2.75) is 181 Å². The van der Waals surface area contributed by atoms with Crippen molar-refractivity contribution in [3.05, 3.63) is 107 Å². The van der Waals surface area contributed by atoms with Crippen molar-refractivity contribution >= 4 is 0 Å². The summed E-state index contributed by atoms with van der Waals surface area (Å²) in [5.74, 6) is 2.83. The molecule has 3 heteroatoms. The zero-order valence-corrected chi connectivity index (χ0v) is 36.4. The second kappa shape index (κ2) is 23.3. The average Bonchev–Trinajstić information content (AvgIpc) is 3.27. The molecule has 2 aliphatic carbocycles. The Labute approximate surface area is 348 Å². The van der Waals surface area contributed by atoms with E-state index in [1.807, 2.05) is 0 Å². The van der Waals surface area contributed by atoms with Crippen molar-refractivity contribution in [2.75, 3.05) is 0 Å². The van der Waals surface area contributed by atoms with E-state index in [9.17, 15) is 0 Å². The number of pyridine rings is 2. The summed E-state index contributed by atoms with van der Waals surface area (Å²) < 4.78 is 7.74. The van der Waals surface area contributed by atoms with E-state index in [2.05, 4.69) is 113 Å². The summed E-state index contributed by atoms with van der Waals surface area (Å²) in [6, 6.07) is 27.7. The lowest BCUT2D eigenvalue weighted by Gasteiger charge is -2.40. The zero-order chi connectivity index (χ0) is 39.7. The molecule has 6 rings (SSSR count). The number of hydrogen-bond donors (Lipinski definition) is 0. The van der Waals surface area contributed by atoms with Gasteiger partial charge in [0.05, 0.1) is 23.6 Å². The Hall–Kier alpha value is -3.30. The molecule has 0 spiro atoms. The molecule has 0 radical (unpaired) electrons. The van der Waals surface area contributed by atoms with E-state index in [-0.39, 0.29) is 12.2 Å². The molecule has 0 N–H and O–H groups in total. The third kappa shape index (κ3) is 12.8. The Balaban J connectivity index is 1.26. The Kier molecular flexibility index (Phi) is 17.7. The maximum absolute atomic E-state index is 7.74. The van der Waals surface area contributed by atoms with Gasteiger partial charge in [-0.25, -0.2) is 0 Å². The molecule has 4 aromatic rings. The molecule has 2 heterocycles. The monoisotopic (exact) mass is 769 g/mol. The lowest BCUT2D eigenvalue weighted by Crippen LogP contribution is -2.28. The summed E-state index contributed by atoms with van der Waals surface area (Å²) in [5, 5.41) is 0. The van der Waals surface area contributed by atoms with E-state index in [0.29, 0.717) is 11.8 Å². The van der Waals surface area contributed by atoms with Crippen molar-refractivity contribution in [1.82, 2.24) is 9.97 Å². The van der Waals surface area contributed by atoms with E-state index in [0.717, 1.165) is 36.1 Å². The highest BCUT2D eigenvalue weighted by molar-refractivity contribution is 5.60. The first-order valence-electron chi connectivity index (χ1n) is 23.8. The molecule has 2 aromatic carbocycles. The van der Waals surface area contributed by atoms with Crippen molar-refractivity contribution < 1.29 is 4.74 Å². The minimum Gasteiger partial charge on any atom is -0.365 e. The number of unbranched alkanes of at least 4 members (excludes halogenated alkanes) is 6. The number of nitrogens with zero attached hydrogens (tertiary/aromatic N) is 2. The topological polar surface area (TPSA) is 35.0 Å². The van der Waals surface area contributed by atoms with E-state index >= 15 is 0 Å². The van der Waals surface area contributed by atoms with Crippen LogP contribution in [0.4, 0.5) is 0 Å². The minimum atomic E-state index is 0.0873. The highest BCUT2D eigenvalue weighted by Gasteiger charge is 2.36. The van der Waals surface area contributed by atoms with Crippen LogP contribution in [0.3, 0.4) is 0 Å². The number of aryl methyl sites for hydroxylation is 2. The SMILES string of the molecule is CCCCCC1CCC(C(OC(c2ccc(-c3ccc(CCCC)cn3)cc2)C2CCC(CCCCC)CC2)c2ccc(-c3ccc(CCCC)cn3)cc2)CC1. The van der Waals surface area contributed by atoms with Gasteiger partial charge >= 0.3 is 0 Å². The van der Waals surface area contributed by atoms with Gasteiger partial charge in [-0.05, 0) is 109 Å². The summed E-state index contributed by atoms with van der Waals surface area (Å²) in [5.41, 5.74) is 9.86. The van der Waals surface area contributed by atoms with Crippen molar-refractivity contribution in [3.8, 4) is 22.5 Å². The molecule has 0 amide bonds. The van der Waals surface area contributed by atoms with Gasteiger partial charge in [0, 0.05) is 23.5 Å². The summed E-state index contributed by atoms with van der Waals surface area (Å²) in [6.45, 7) is 9.16. The second-order valence-corrected chi connectivity index (χ2v) is 18.1. The molecule has 2 aromatic heterocycles. The minimum absolute atomic E-state index is 0.0873. The van der Waals surface area contributed by atoms with Crippen molar-refractivity contribution in [3.63, 3.8) is 0 Å². The number of hydrogen-bond acceptors (Lipinski definition) is 3. The zero-order valence-electron chi connectivity index (χ0n) is 36.4. The van der Waals surface area contributed by atoms with E-state index in [1.165, 1.54) is 162 Å². The maximum Gasteiger partial charge on any atom is 0.0861 e. The van der Waals surface area contributed by atoms with Gasteiger partial charge in [0.1, 0.15) is 0 Å². The Morgan fingerprint density at radius 1 is 0.456 bits per heavy atom. The third-order valence-corrected chi connectivity index (χ3v) is 13.7. The summed E-state index contributed by atoms with van der Waals surface area (Å²) in [6.07, 6.45) is 32.8. The molecule has 0 bridgehead atoms. The third-order valence-electron chi connectivity index (χ3n) is 13.7. The molecule has 0 aliphatic heterocycles. The molecule has 2 fully saturated rings. The molecular formula is C54H76N2O. The molecule has 2 unspecified atom stereocenters. The van der Waals surface area contributed by atoms with Gasteiger partial charge in [0.15, 0.2) is 0 Å². The summed E-state index contributed by atoms with van der Waals surface area (Å²) >= 11 is 0. The van der Waals surface area contributed by atoms with Gasteiger partial charge in [-0.15, -0.1) is 0 Å². The molecule has 2 aliphatic rings. The van der Waals surface area contributed by atoms with E-state index in [1.54, 1.807) is 0 Å². The highest BCUT2D eigenvalue weighted by atomic mass is 16.5. The fraction of sp³-hybridized carbons (Fsp3) is 0.593. The normalized spacial score (nSPS) is 21.0. The fourth-order valence-corrected chi connectivity index (χ4v) is 9.94. The van der Waals surface area contributed by atoms with Crippen LogP contribution in [0.1, 0.15) is 191 Å². The second-order valence-electron chi connectivity index (χ2n) is 18.1. The first-order chi connectivity index (χ1) is 28.1. The molecule has 308 valence electrons. The fourth-order valence-electron chi connectivity index (χ4n) is 9.94. The van der Waals surface area contributed by atoms with Crippen LogP contribution >= 0.6 is 0 Å². The number of rotatable bonds is 22. The van der Waals surface area contributed by atoms with Crippen LogP contribution in [0.2, 0.25) is 0 Å². The van der Waals surface area contributed by atoms with Crippen LogP contribution in [0.5, 0.6) is 0 Å². The molecular weight excluding hydrogens is 693 g/mol. The summed E-state index contributed by atoms with van der Waals surface area (Å²) in [7, 11) is 0. The number of ether oxygens (including phenoxy) is 1. The highest BCUT2D eigenvalue weighted by Crippen LogP contribution is 2.47. The quantitative estimate of drug-likeness (QED) is 0.0747. The summed E-state index contributed by atoms with van der Waals surface area (Å²) in [4.78, 5) is 9.79. The predicted octanol–water partition coefficient (Wildman–Crippen LogP) is 16.1. The van der Waals surface area contributed by atoms with Crippen LogP contribution in [-0.2, 0) is 17.6 Å². The Morgan fingerprint density at radius 3 is 1.18 bits per heavy atom. The van der Waals surface area contributed by atoms with Crippen molar-refractivity contribution in [1.29, 1.82) is 0 Å². The Bertz CT molecular complexity index is 1540. The van der Waals surface area contributed by atoms with Gasteiger partial charge in [0.2, 0.25) is 0 Å². The van der Waals surface area contributed by atoms with Gasteiger partial charge in [-0.1, -0.05) is 178 Å². The lowest BCUT2D eigenvalue weighted by molar-refractivity contribution is -0.0907. The number of aromatic nitrogens is 2. The molecule has 2 atom stereocenters. The van der Waals surface area contributed by atoms with Crippen LogP contribution in [0, 0.1) is 23.7 Å². The predicted molar refractivity (Wildman–Crippen MR) is 242 cm³/mol. The molecule has 0 saturated heterocycles. The number of benzene rings is 2. The van der Waals surface area contributed by atoms with Crippen molar-refractivity contribution in [2.24, 2.45) is 23.7 Å². The van der Waals surface area contributed by atoms with Gasteiger partial charge < -0.3 is 4.74 Å². The first-order valence-corrected chi connectivity index (χ1v) is 23.8. The van der Waals surface area contributed by atoms with Crippen LogP contribution in [-0.4, -0.2) is 9.97 Å². The van der Waals surface area contributed by atoms with Gasteiger partial charge in [-0.2, -0.15) is 0 Å². The largest absolute Gasteiger partial charge is 0.365 e. The average molecular weight is 769 g/mol. The van der Waals surface area contributed by atoms with Crippen LogP contribution in [0.15, 0.2) is 85.2 Å². The standard InChI is InChI=1S/C54H76N2O/c1-5-9-13-17-41-19-25-47(26-20-41)53(49-33-29-45(30-34-49)51-37-23-43(39-55-51)15-11-7-3)57-54(48-27-21-42(22-28-48)18-14-10-6-2)50-35-31-46(32-36-50)52-38-24-44(40-56-52)16-12-8-4/h23-24,29-42,47-48,53-54H,5-22,25-28H2,1-4H3. The van der Waals surface area contributed by atoms with Gasteiger partial charge in [0.25, 0.3) is 0 Å². The van der Waals surface area contributed by atoms with E-state index in [4.69, 9.17) is 14.7 Å². The molecule has 3 nitrogen and oxygen atoms in total. The Morgan fingerprint density at radius 2 is 0.842 bits per heavy atom. The molecule has 57 heavy (non-hydrogen) atoms. The maximum atomic E-state index is 7.74. The first kappa shape index (κ1) is 43.3. The van der Waals surface area contributed by atoms with Crippen LogP contribution < -0.4 is 0 Å². The smallest absolute Gasteiger partial charge is 0.0861 e. The van der Waals surface area contributed by atoms with Gasteiger partial charge in [-0.3, -0.25) is 9.97 Å². The van der Waals surface area contributed by atoms with Crippen LogP contribution in [0.25, 0.3) is 22.5 Å². The lowest BCUT2D eigenvalue weighted by atomic mass is 9.74.